The second kappa shape index (κ2) is 3.07. The summed E-state index contributed by atoms with van der Waals surface area (Å²) in [5.41, 5.74) is 6.22. The summed E-state index contributed by atoms with van der Waals surface area (Å²) in [5.74, 6) is -1.24. The highest BCUT2D eigenvalue weighted by atomic mass is 79.9. The number of carboxylic acids is 1. The van der Waals surface area contributed by atoms with Crippen LogP contribution in [-0.4, -0.2) is 11.1 Å². The van der Waals surface area contributed by atoms with Crippen LogP contribution in [-0.2, 0) is 10.3 Å². The maximum atomic E-state index is 10.7. The van der Waals surface area contributed by atoms with Gasteiger partial charge in [-0.25, -0.2) is 0 Å². The van der Waals surface area contributed by atoms with Gasteiger partial charge in [0.25, 0.3) is 0 Å². The molecule has 0 saturated heterocycles. The van der Waals surface area contributed by atoms with Crippen molar-refractivity contribution in [3.05, 3.63) is 34.3 Å². The second-order valence-corrected chi connectivity index (χ2v) is 4.56. The summed E-state index contributed by atoms with van der Waals surface area (Å²) >= 11 is 3.32. The molecule has 0 radical (unpaired) electrons. The Morgan fingerprint density at radius 2 is 2.07 bits per heavy atom. The van der Waals surface area contributed by atoms with Crippen molar-refractivity contribution in [3.8, 4) is 0 Å². The van der Waals surface area contributed by atoms with Crippen LogP contribution in [0.2, 0.25) is 0 Å². The molecule has 1 aromatic rings. The molecular weight excluding hydrogens is 246 g/mol. The molecule has 0 aromatic heterocycles. The van der Waals surface area contributed by atoms with Crippen molar-refractivity contribution in [1.29, 1.82) is 0 Å². The first-order valence-electron chi connectivity index (χ1n) is 4.32. The molecule has 14 heavy (non-hydrogen) atoms. The van der Waals surface area contributed by atoms with Crippen LogP contribution in [0.15, 0.2) is 28.7 Å². The number of carboxylic acid groups (broad SMARTS) is 1. The van der Waals surface area contributed by atoms with E-state index in [1.807, 2.05) is 24.3 Å². The molecule has 0 aliphatic heterocycles. The molecule has 1 aromatic carbocycles. The van der Waals surface area contributed by atoms with Crippen molar-refractivity contribution in [2.75, 3.05) is 0 Å². The summed E-state index contributed by atoms with van der Waals surface area (Å²) < 4.78 is 0.970. The molecule has 1 aliphatic rings. The zero-order chi connectivity index (χ0) is 10.3. The van der Waals surface area contributed by atoms with Gasteiger partial charge in [0.1, 0.15) is 0 Å². The first kappa shape index (κ1) is 9.68. The summed E-state index contributed by atoms with van der Waals surface area (Å²) in [4.78, 5) is 10.7. The molecule has 1 saturated carbocycles. The van der Waals surface area contributed by atoms with E-state index in [4.69, 9.17) is 10.8 Å². The lowest BCUT2D eigenvalue weighted by Gasteiger charge is -2.10. The van der Waals surface area contributed by atoms with Gasteiger partial charge in [0.15, 0.2) is 0 Å². The molecule has 2 unspecified atom stereocenters. The lowest BCUT2D eigenvalue weighted by Crippen LogP contribution is -2.24. The SMILES string of the molecule is NC1(c2ccc(Br)cc2)CC1C(=O)O. The number of halogens is 1. The minimum atomic E-state index is -0.810. The van der Waals surface area contributed by atoms with E-state index >= 15 is 0 Å². The maximum Gasteiger partial charge on any atom is 0.308 e. The molecule has 3 N–H and O–H groups in total. The van der Waals surface area contributed by atoms with Gasteiger partial charge in [-0.2, -0.15) is 0 Å². The molecule has 1 aliphatic carbocycles. The van der Waals surface area contributed by atoms with Gasteiger partial charge in [0.05, 0.1) is 11.5 Å². The lowest BCUT2D eigenvalue weighted by molar-refractivity contribution is -0.139. The average molecular weight is 256 g/mol. The van der Waals surface area contributed by atoms with Gasteiger partial charge in [-0.3, -0.25) is 4.79 Å². The number of hydrogen-bond donors (Lipinski definition) is 2. The lowest BCUT2D eigenvalue weighted by atomic mass is 10.0. The Morgan fingerprint density at radius 3 is 2.50 bits per heavy atom. The van der Waals surface area contributed by atoms with E-state index < -0.39 is 17.4 Å². The summed E-state index contributed by atoms with van der Waals surface area (Å²) in [6.07, 6.45) is 0.532. The van der Waals surface area contributed by atoms with Gasteiger partial charge in [0.2, 0.25) is 0 Å². The third kappa shape index (κ3) is 1.44. The van der Waals surface area contributed by atoms with Crippen molar-refractivity contribution in [1.82, 2.24) is 0 Å². The number of carbonyl (C=O) groups is 1. The Morgan fingerprint density at radius 1 is 1.50 bits per heavy atom. The normalized spacial score (nSPS) is 30.0. The Bertz CT molecular complexity index is 376. The Hall–Kier alpha value is -0.870. The highest BCUT2D eigenvalue weighted by molar-refractivity contribution is 9.10. The predicted octanol–water partition coefficient (Wildman–Crippen LogP) is 1.71. The van der Waals surface area contributed by atoms with E-state index in [1.54, 1.807) is 0 Å². The standard InChI is InChI=1S/C10H10BrNO2/c11-7-3-1-6(2-4-7)10(12)5-8(10)9(13)14/h1-4,8H,5,12H2,(H,13,14). The summed E-state index contributed by atoms with van der Waals surface area (Å²) in [6, 6.07) is 7.49. The van der Waals surface area contributed by atoms with E-state index in [0.717, 1.165) is 10.0 Å². The Labute approximate surface area is 90.0 Å². The highest BCUT2D eigenvalue weighted by Crippen LogP contribution is 2.49. The largest absolute Gasteiger partial charge is 0.481 e. The highest BCUT2D eigenvalue weighted by Gasteiger charge is 2.56. The van der Waals surface area contributed by atoms with Crippen LogP contribution in [0.4, 0.5) is 0 Å². The van der Waals surface area contributed by atoms with Gasteiger partial charge in [-0.15, -0.1) is 0 Å². The molecule has 0 amide bonds. The average Bonchev–Trinajstić information content (AvgIpc) is 2.80. The fourth-order valence-corrected chi connectivity index (χ4v) is 1.93. The van der Waals surface area contributed by atoms with Crippen molar-refractivity contribution >= 4 is 21.9 Å². The minimum absolute atomic E-state index is 0.427. The molecule has 3 nitrogen and oxygen atoms in total. The molecule has 0 spiro atoms. The molecule has 1 fully saturated rings. The smallest absolute Gasteiger partial charge is 0.308 e. The van der Waals surface area contributed by atoms with Crippen LogP contribution in [0.1, 0.15) is 12.0 Å². The summed E-state index contributed by atoms with van der Waals surface area (Å²) in [7, 11) is 0. The summed E-state index contributed by atoms with van der Waals surface area (Å²) in [5, 5.41) is 8.82. The molecule has 4 heteroatoms. The van der Waals surface area contributed by atoms with Gasteiger partial charge < -0.3 is 10.8 Å². The van der Waals surface area contributed by atoms with E-state index in [2.05, 4.69) is 15.9 Å². The zero-order valence-electron chi connectivity index (χ0n) is 7.40. The predicted molar refractivity (Wildman–Crippen MR) is 55.8 cm³/mol. The molecule has 0 bridgehead atoms. The molecule has 0 heterocycles. The van der Waals surface area contributed by atoms with Gasteiger partial charge in [-0.1, -0.05) is 28.1 Å². The second-order valence-electron chi connectivity index (χ2n) is 3.64. The van der Waals surface area contributed by atoms with E-state index in [-0.39, 0.29) is 0 Å². The fraction of sp³-hybridized carbons (Fsp3) is 0.300. The quantitative estimate of drug-likeness (QED) is 0.846. The van der Waals surface area contributed by atoms with Gasteiger partial charge >= 0.3 is 5.97 Å². The number of aliphatic carboxylic acids is 1. The number of hydrogen-bond acceptors (Lipinski definition) is 2. The number of rotatable bonds is 2. The zero-order valence-corrected chi connectivity index (χ0v) is 8.99. The van der Waals surface area contributed by atoms with Crippen LogP contribution in [0, 0.1) is 5.92 Å². The Balaban J connectivity index is 2.25. The van der Waals surface area contributed by atoms with Crippen LogP contribution < -0.4 is 5.73 Å². The first-order valence-corrected chi connectivity index (χ1v) is 5.11. The monoisotopic (exact) mass is 255 g/mol. The molecule has 74 valence electrons. The molecule has 2 atom stereocenters. The number of nitrogens with two attached hydrogens (primary N) is 1. The van der Waals surface area contributed by atoms with Gasteiger partial charge in [0, 0.05) is 4.47 Å². The molecule has 2 rings (SSSR count). The van der Waals surface area contributed by atoms with E-state index in [0.29, 0.717) is 6.42 Å². The topological polar surface area (TPSA) is 63.3 Å². The van der Waals surface area contributed by atoms with E-state index in [1.165, 1.54) is 0 Å². The van der Waals surface area contributed by atoms with Crippen molar-refractivity contribution in [2.45, 2.75) is 12.0 Å². The van der Waals surface area contributed by atoms with Crippen molar-refractivity contribution < 1.29 is 9.90 Å². The maximum absolute atomic E-state index is 10.7. The van der Waals surface area contributed by atoms with Crippen molar-refractivity contribution in [3.63, 3.8) is 0 Å². The molecular formula is C10H10BrNO2. The van der Waals surface area contributed by atoms with E-state index in [9.17, 15) is 4.79 Å². The third-order valence-electron chi connectivity index (χ3n) is 2.68. The van der Waals surface area contributed by atoms with Crippen LogP contribution in [0.5, 0.6) is 0 Å². The van der Waals surface area contributed by atoms with Crippen molar-refractivity contribution in [2.24, 2.45) is 11.7 Å². The van der Waals surface area contributed by atoms with Crippen LogP contribution in [0.3, 0.4) is 0 Å². The van der Waals surface area contributed by atoms with Crippen LogP contribution in [0.25, 0.3) is 0 Å². The summed E-state index contributed by atoms with van der Waals surface area (Å²) in [6.45, 7) is 0. The fourth-order valence-electron chi connectivity index (χ4n) is 1.67. The Kier molecular flexibility index (Phi) is 2.12. The van der Waals surface area contributed by atoms with Gasteiger partial charge in [-0.05, 0) is 24.1 Å². The number of benzene rings is 1. The first-order chi connectivity index (χ1) is 6.54. The minimum Gasteiger partial charge on any atom is -0.481 e. The third-order valence-corrected chi connectivity index (χ3v) is 3.21. The van der Waals surface area contributed by atoms with Crippen LogP contribution >= 0.6 is 15.9 Å².